The van der Waals surface area contributed by atoms with Crippen LogP contribution in [0.1, 0.15) is 78.6 Å². The summed E-state index contributed by atoms with van der Waals surface area (Å²) in [4.78, 5) is 27.0. The van der Waals surface area contributed by atoms with Crippen LogP contribution in [0.5, 0.6) is 0 Å². The number of nitrogens with one attached hydrogen (secondary N) is 1. The first-order chi connectivity index (χ1) is 15.2. The van der Waals surface area contributed by atoms with Gasteiger partial charge in [-0.15, -0.1) is 10.2 Å². The minimum atomic E-state index is -0.0264. The molecule has 162 valence electrons. The molecule has 1 saturated heterocycles. The number of aromatic nitrogens is 3. The van der Waals surface area contributed by atoms with Crippen molar-refractivity contribution >= 4 is 17.9 Å². The lowest BCUT2D eigenvalue weighted by molar-refractivity contribution is -0.127. The molecule has 0 radical (unpaired) electrons. The first-order valence-corrected chi connectivity index (χ1v) is 11.5. The number of nitrogens with zero attached hydrogens (tertiary/aromatic N) is 4. The van der Waals surface area contributed by atoms with E-state index in [1.807, 2.05) is 35.2 Å². The lowest BCUT2D eigenvalue weighted by atomic mass is 10.1. The van der Waals surface area contributed by atoms with Crippen molar-refractivity contribution in [3.05, 3.63) is 53.1 Å². The molecule has 1 N–H and O–H groups in total. The van der Waals surface area contributed by atoms with Gasteiger partial charge in [0.2, 0.25) is 5.91 Å². The normalized spacial score (nSPS) is 21.2. The number of fused-ring (bicyclic) bond motifs is 1. The molecule has 7 heteroatoms. The molecule has 5 rings (SSSR count). The molecular weight excluding hydrogens is 390 g/mol. The molecule has 2 aromatic rings. The largest absolute Gasteiger partial charge is 0.349 e. The van der Waals surface area contributed by atoms with E-state index in [-0.39, 0.29) is 17.9 Å². The summed E-state index contributed by atoms with van der Waals surface area (Å²) in [6.45, 7) is 1.70. The lowest BCUT2D eigenvalue weighted by Gasteiger charge is -2.23. The van der Waals surface area contributed by atoms with E-state index in [9.17, 15) is 9.59 Å². The minimum absolute atomic E-state index is 0.00373. The molecule has 3 heterocycles. The SMILES string of the molecule is O=C(NC1CC1)c1ccc(/C=C/C(=O)N2CCCC2c2nnc3n2CCCCC3)cc1. The molecule has 3 aliphatic rings. The number of amides is 2. The first kappa shape index (κ1) is 20.0. The predicted molar refractivity (Wildman–Crippen MR) is 117 cm³/mol. The van der Waals surface area contributed by atoms with Crippen LogP contribution in [0.2, 0.25) is 0 Å². The topological polar surface area (TPSA) is 80.1 Å². The second-order valence-corrected chi connectivity index (χ2v) is 8.83. The van der Waals surface area contributed by atoms with Crippen LogP contribution in [-0.2, 0) is 17.8 Å². The van der Waals surface area contributed by atoms with E-state index in [0.29, 0.717) is 11.6 Å². The smallest absolute Gasteiger partial charge is 0.251 e. The Balaban J connectivity index is 1.26. The summed E-state index contributed by atoms with van der Waals surface area (Å²) in [6.07, 6.45) is 12.0. The Morgan fingerprint density at radius 2 is 1.81 bits per heavy atom. The summed E-state index contributed by atoms with van der Waals surface area (Å²) in [6, 6.07) is 7.73. The van der Waals surface area contributed by atoms with Gasteiger partial charge in [0.1, 0.15) is 5.82 Å². The van der Waals surface area contributed by atoms with Gasteiger partial charge in [0.05, 0.1) is 6.04 Å². The van der Waals surface area contributed by atoms with Crippen molar-refractivity contribution in [1.82, 2.24) is 25.0 Å². The van der Waals surface area contributed by atoms with Crippen LogP contribution in [0, 0.1) is 0 Å². The fourth-order valence-corrected chi connectivity index (χ4v) is 4.56. The van der Waals surface area contributed by atoms with Gasteiger partial charge in [-0.05, 0) is 62.3 Å². The monoisotopic (exact) mass is 419 g/mol. The molecule has 1 aromatic carbocycles. The molecule has 2 aliphatic heterocycles. The zero-order chi connectivity index (χ0) is 21.2. The molecule has 1 aromatic heterocycles. The molecule has 1 aliphatic carbocycles. The average Bonchev–Trinajstić information content (AvgIpc) is 3.39. The molecular formula is C24H29N5O2. The number of carbonyl (C=O) groups is 2. The van der Waals surface area contributed by atoms with E-state index >= 15 is 0 Å². The van der Waals surface area contributed by atoms with E-state index in [1.165, 1.54) is 6.42 Å². The Labute approximate surface area is 182 Å². The van der Waals surface area contributed by atoms with E-state index in [0.717, 1.165) is 75.2 Å². The van der Waals surface area contributed by atoms with Crippen molar-refractivity contribution in [1.29, 1.82) is 0 Å². The third kappa shape index (κ3) is 4.40. The first-order valence-electron chi connectivity index (χ1n) is 11.5. The fourth-order valence-electron chi connectivity index (χ4n) is 4.56. The third-order valence-corrected chi connectivity index (χ3v) is 6.48. The number of hydrogen-bond acceptors (Lipinski definition) is 4. The molecule has 1 atom stereocenters. The highest BCUT2D eigenvalue weighted by atomic mass is 16.2. The highest BCUT2D eigenvalue weighted by Crippen LogP contribution is 2.32. The van der Waals surface area contributed by atoms with Gasteiger partial charge in [-0.2, -0.15) is 0 Å². The third-order valence-electron chi connectivity index (χ3n) is 6.48. The zero-order valence-corrected chi connectivity index (χ0v) is 17.8. The molecule has 2 amide bonds. The van der Waals surface area contributed by atoms with E-state index in [2.05, 4.69) is 20.1 Å². The summed E-state index contributed by atoms with van der Waals surface area (Å²) in [5.74, 6) is 1.99. The maximum absolute atomic E-state index is 13.0. The predicted octanol–water partition coefficient (Wildman–Crippen LogP) is 3.27. The second kappa shape index (κ2) is 8.65. The quantitative estimate of drug-likeness (QED) is 0.755. The van der Waals surface area contributed by atoms with Crippen molar-refractivity contribution in [2.45, 2.75) is 70.0 Å². The summed E-state index contributed by atoms with van der Waals surface area (Å²) in [5.41, 5.74) is 1.56. The van der Waals surface area contributed by atoms with Gasteiger partial charge in [-0.25, -0.2) is 0 Å². The Morgan fingerprint density at radius 1 is 0.968 bits per heavy atom. The summed E-state index contributed by atoms with van der Waals surface area (Å²) < 4.78 is 2.25. The van der Waals surface area contributed by atoms with Crippen molar-refractivity contribution in [3.8, 4) is 0 Å². The van der Waals surface area contributed by atoms with Crippen LogP contribution >= 0.6 is 0 Å². The number of likely N-dealkylation sites (tertiary alicyclic amines) is 1. The number of benzene rings is 1. The van der Waals surface area contributed by atoms with Crippen molar-refractivity contribution in [3.63, 3.8) is 0 Å². The van der Waals surface area contributed by atoms with Gasteiger partial charge < -0.3 is 14.8 Å². The standard InChI is InChI=1S/C24H29N5O2/c30-22(14-9-17-7-10-18(11-8-17)24(31)25-19-12-13-19)28-16-4-5-20(28)23-27-26-21-6-2-1-3-15-29(21)23/h7-11,14,19-20H,1-6,12-13,15-16H2,(H,25,31)/b14-9+. The maximum Gasteiger partial charge on any atom is 0.251 e. The molecule has 0 spiro atoms. The maximum atomic E-state index is 13.0. The van der Waals surface area contributed by atoms with Gasteiger partial charge in [-0.3, -0.25) is 9.59 Å². The van der Waals surface area contributed by atoms with Crippen molar-refractivity contribution in [2.75, 3.05) is 6.54 Å². The minimum Gasteiger partial charge on any atom is -0.349 e. The van der Waals surface area contributed by atoms with Crippen LogP contribution < -0.4 is 5.32 Å². The van der Waals surface area contributed by atoms with Crippen LogP contribution in [0.25, 0.3) is 6.08 Å². The van der Waals surface area contributed by atoms with Crippen LogP contribution in [-0.4, -0.2) is 44.1 Å². The highest BCUT2D eigenvalue weighted by molar-refractivity contribution is 5.95. The molecule has 7 nitrogen and oxygen atoms in total. The van der Waals surface area contributed by atoms with Crippen molar-refractivity contribution < 1.29 is 9.59 Å². The van der Waals surface area contributed by atoms with Gasteiger partial charge >= 0.3 is 0 Å². The second-order valence-electron chi connectivity index (χ2n) is 8.83. The lowest BCUT2D eigenvalue weighted by Crippen LogP contribution is -2.30. The van der Waals surface area contributed by atoms with Crippen LogP contribution in [0.15, 0.2) is 30.3 Å². The van der Waals surface area contributed by atoms with Gasteiger partial charge in [0.15, 0.2) is 5.82 Å². The number of aryl methyl sites for hydroxylation is 1. The van der Waals surface area contributed by atoms with Crippen LogP contribution in [0.4, 0.5) is 0 Å². The number of hydrogen-bond donors (Lipinski definition) is 1. The van der Waals surface area contributed by atoms with E-state index in [1.54, 1.807) is 6.08 Å². The van der Waals surface area contributed by atoms with E-state index in [4.69, 9.17) is 0 Å². The fraction of sp³-hybridized carbons (Fsp3) is 0.500. The van der Waals surface area contributed by atoms with Gasteiger partial charge in [-0.1, -0.05) is 18.6 Å². The summed E-state index contributed by atoms with van der Waals surface area (Å²) >= 11 is 0. The molecule has 2 fully saturated rings. The molecule has 1 saturated carbocycles. The number of carbonyl (C=O) groups excluding carboxylic acids is 2. The van der Waals surface area contributed by atoms with Gasteiger partial charge in [0.25, 0.3) is 5.91 Å². The zero-order valence-electron chi connectivity index (χ0n) is 17.8. The molecule has 1 unspecified atom stereocenters. The van der Waals surface area contributed by atoms with Gasteiger partial charge in [0, 0.05) is 37.2 Å². The Hall–Kier alpha value is -2.96. The molecule has 0 bridgehead atoms. The van der Waals surface area contributed by atoms with E-state index < -0.39 is 0 Å². The average molecular weight is 420 g/mol. The summed E-state index contributed by atoms with van der Waals surface area (Å²) in [5, 5.41) is 11.9. The Kier molecular flexibility index (Phi) is 5.57. The Bertz CT molecular complexity index is 990. The highest BCUT2D eigenvalue weighted by Gasteiger charge is 2.33. The summed E-state index contributed by atoms with van der Waals surface area (Å²) in [7, 11) is 0. The molecule has 31 heavy (non-hydrogen) atoms. The van der Waals surface area contributed by atoms with Crippen LogP contribution in [0.3, 0.4) is 0 Å². The van der Waals surface area contributed by atoms with Crippen molar-refractivity contribution in [2.24, 2.45) is 0 Å². The number of rotatable bonds is 5. The Morgan fingerprint density at radius 3 is 2.61 bits per heavy atom.